The molecule has 19 heavy (non-hydrogen) atoms. The summed E-state index contributed by atoms with van der Waals surface area (Å²) in [6.45, 7) is 0.235. The van der Waals surface area contributed by atoms with Gasteiger partial charge in [0.05, 0.1) is 25.5 Å². The highest BCUT2D eigenvalue weighted by molar-refractivity contribution is 5.84. The molecule has 0 aromatic heterocycles. The van der Waals surface area contributed by atoms with Crippen LogP contribution in [0.15, 0.2) is 23.4 Å². The number of hydrogen-bond acceptors (Lipinski definition) is 4. The summed E-state index contributed by atoms with van der Waals surface area (Å²) in [5, 5.41) is 11.9. The number of benzene rings is 1. The molecule has 1 aromatic rings. The van der Waals surface area contributed by atoms with Crippen molar-refractivity contribution in [1.82, 2.24) is 0 Å². The van der Waals surface area contributed by atoms with Crippen LogP contribution in [-0.4, -0.2) is 24.1 Å². The molecule has 0 amide bonds. The van der Waals surface area contributed by atoms with Crippen molar-refractivity contribution >= 4 is 5.71 Å². The van der Waals surface area contributed by atoms with Crippen molar-refractivity contribution in [3.05, 3.63) is 29.6 Å². The van der Waals surface area contributed by atoms with Gasteiger partial charge in [-0.1, -0.05) is 17.3 Å². The van der Waals surface area contributed by atoms with Gasteiger partial charge in [-0.3, -0.25) is 0 Å². The molecule has 5 heteroatoms. The van der Waals surface area contributed by atoms with Crippen LogP contribution >= 0.6 is 0 Å². The summed E-state index contributed by atoms with van der Waals surface area (Å²) in [6, 6.07) is 5.03. The smallest absolute Gasteiger partial charge is 0.170 e. The summed E-state index contributed by atoms with van der Waals surface area (Å²) in [6.07, 6.45) is 3.19. The van der Waals surface area contributed by atoms with E-state index in [4.69, 9.17) is 14.7 Å². The van der Waals surface area contributed by atoms with E-state index in [1.54, 1.807) is 18.2 Å². The monoisotopic (exact) mass is 267 g/mol. The zero-order chi connectivity index (χ0) is 13.7. The third-order valence-corrected chi connectivity index (χ3v) is 3.39. The number of oxime groups is 1. The molecule has 1 aromatic carbocycles. The van der Waals surface area contributed by atoms with E-state index >= 15 is 0 Å². The molecule has 0 bridgehead atoms. The van der Waals surface area contributed by atoms with Crippen LogP contribution in [0.3, 0.4) is 0 Å². The molecule has 0 unspecified atom stereocenters. The Kier molecular flexibility index (Phi) is 4.74. The average molecular weight is 267 g/mol. The van der Waals surface area contributed by atoms with E-state index in [1.165, 1.54) is 7.11 Å². The topological polar surface area (TPSA) is 51.0 Å². The van der Waals surface area contributed by atoms with Crippen molar-refractivity contribution in [2.24, 2.45) is 5.16 Å². The number of rotatable bonds is 4. The minimum atomic E-state index is -0.363. The minimum Gasteiger partial charge on any atom is -0.494 e. The number of nitrogens with zero attached hydrogens (tertiary/aromatic N) is 1. The fourth-order valence-electron chi connectivity index (χ4n) is 2.22. The third-order valence-electron chi connectivity index (χ3n) is 3.39. The molecule has 1 aliphatic carbocycles. The maximum absolute atomic E-state index is 13.9. The highest BCUT2D eigenvalue weighted by Gasteiger charge is 2.19. The zero-order valence-electron chi connectivity index (χ0n) is 10.9. The predicted octanol–water partition coefficient (Wildman–Crippen LogP) is 3.12. The van der Waals surface area contributed by atoms with E-state index in [-0.39, 0.29) is 24.3 Å². The molecule has 4 nitrogen and oxygen atoms in total. The Balaban J connectivity index is 1.89. The molecular weight excluding hydrogens is 249 g/mol. The Bertz CT molecular complexity index is 452. The summed E-state index contributed by atoms with van der Waals surface area (Å²) in [5.74, 6) is -0.127. The van der Waals surface area contributed by atoms with Gasteiger partial charge in [-0.05, 0) is 31.7 Å². The Hall–Kier alpha value is -1.62. The lowest BCUT2D eigenvalue weighted by atomic mass is 9.96. The van der Waals surface area contributed by atoms with Crippen LogP contribution in [0.25, 0.3) is 0 Å². The molecule has 1 fully saturated rings. The molecule has 0 saturated heterocycles. The van der Waals surface area contributed by atoms with Gasteiger partial charge < -0.3 is 14.7 Å². The number of hydrogen-bond donors (Lipinski definition) is 1. The van der Waals surface area contributed by atoms with Gasteiger partial charge in [0.2, 0.25) is 0 Å². The van der Waals surface area contributed by atoms with Gasteiger partial charge in [-0.25, -0.2) is 4.39 Å². The van der Waals surface area contributed by atoms with E-state index in [9.17, 15) is 4.39 Å². The summed E-state index contributed by atoms with van der Waals surface area (Å²) in [5.41, 5.74) is 1.31. The van der Waals surface area contributed by atoms with Gasteiger partial charge in [-0.2, -0.15) is 0 Å². The molecule has 0 spiro atoms. The van der Waals surface area contributed by atoms with E-state index in [0.717, 1.165) is 31.4 Å². The second kappa shape index (κ2) is 6.52. The first-order chi connectivity index (χ1) is 9.24. The van der Waals surface area contributed by atoms with Crippen LogP contribution in [-0.2, 0) is 11.3 Å². The maximum atomic E-state index is 13.9. The van der Waals surface area contributed by atoms with Crippen LogP contribution in [0.4, 0.5) is 4.39 Å². The number of halogens is 1. The van der Waals surface area contributed by atoms with E-state index in [2.05, 4.69) is 5.16 Å². The van der Waals surface area contributed by atoms with Crippen LogP contribution in [0.2, 0.25) is 0 Å². The second-order valence-corrected chi connectivity index (χ2v) is 4.61. The summed E-state index contributed by atoms with van der Waals surface area (Å²) < 4.78 is 24.5. The van der Waals surface area contributed by atoms with Crippen molar-refractivity contribution in [1.29, 1.82) is 0 Å². The second-order valence-electron chi connectivity index (χ2n) is 4.61. The molecular formula is C14H18FNO3. The molecule has 1 saturated carbocycles. The molecule has 0 aliphatic heterocycles. The minimum absolute atomic E-state index is 0.0936. The highest BCUT2D eigenvalue weighted by atomic mass is 19.1. The zero-order valence-corrected chi connectivity index (χ0v) is 10.9. The Labute approximate surface area is 111 Å². The lowest BCUT2D eigenvalue weighted by Crippen LogP contribution is -2.21. The van der Waals surface area contributed by atoms with Crippen molar-refractivity contribution in [2.75, 3.05) is 7.11 Å². The van der Waals surface area contributed by atoms with Crippen molar-refractivity contribution in [2.45, 2.75) is 38.4 Å². The first-order valence-corrected chi connectivity index (χ1v) is 6.37. The summed E-state index contributed by atoms with van der Waals surface area (Å²) in [4.78, 5) is 0. The number of methoxy groups -OCH3 is 1. The fourth-order valence-corrected chi connectivity index (χ4v) is 2.22. The molecule has 2 rings (SSSR count). The van der Waals surface area contributed by atoms with Crippen LogP contribution < -0.4 is 4.74 Å². The first kappa shape index (κ1) is 13.8. The van der Waals surface area contributed by atoms with Crippen LogP contribution in [0, 0.1) is 5.82 Å². The standard InChI is InChI=1S/C14H18FNO3/c1-18-13-4-2-3-10(14(13)15)9-19-12-7-5-11(16-17)6-8-12/h2-4,12,17H,5-9H2,1H3. The van der Waals surface area contributed by atoms with Gasteiger partial charge in [0.25, 0.3) is 0 Å². The predicted molar refractivity (Wildman–Crippen MR) is 69.2 cm³/mol. The van der Waals surface area contributed by atoms with Crippen molar-refractivity contribution in [3.8, 4) is 5.75 Å². The molecule has 0 heterocycles. The lowest BCUT2D eigenvalue weighted by molar-refractivity contribution is 0.0261. The van der Waals surface area contributed by atoms with E-state index in [0.29, 0.717) is 5.56 Å². The third kappa shape index (κ3) is 3.44. The normalized spacial score (nSPS) is 19.3. The van der Waals surface area contributed by atoms with Gasteiger partial charge in [0.1, 0.15) is 0 Å². The molecule has 0 radical (unpaired) electrons. The Morgan fingerprint density at radius 1 is 1.37 bits per heavy atom. The fraction of sp³-hybridized carbons (Fsp3) is 0.500. The SMILES string of the molecule is COc1cccc(COC2CCC(=NO)CC2)c1F. The Morgan fingerprint density at radius 3 is 2.74 bits per heavy atom. The van der Waals surface area contributed by atoms with Gasteiger partial charge in [0.15, 0.2) is 11.6 Å². The number of ether oxygens (including phenoxy) is 2. The average Bonchev–Trinajstić information content (AvgIpc) is 2.47. The first-order valence-electron chi connectivity index (χ1n) is 6.37. The van der Waals surface area contributed by atoms with Gasteiger partial charge in [0, 0.05) is 5.56 Å². The maximum Gasteiger partial charge on any atom is 0.170 e. The summed E-state index contributed by atoms with van der Waals surface area (Å²) >= 11 is 0. The molecule has 104 valence electrons. The molecule has 0 atom stereocenters. The van der Waals surface area contributed by atoms with Gasteiger partial charge in [-0.15, -0.1) is 0 Å². The van der Waals surface area contributed by atoms with Crippen molar-refractivity contribution in [3.63, 3.8) is 0 Å². The van der Waals surface area contributed by atoms with Crippen LogP contribution in [0.1, 0.15) is 31.2 Å². The molecule has 1 N–H and O–H groups in total. The molecule has 1 aliphatic rings. The van der Waals surface area contributed by atoms with Gasteiger partial charge >= 0.3 is 0 Å². The van der Waals surface area contributed by atoms with E-state index < -0.39 is 0 Å². The highest BCUT2D eigenvalue weighted by Crippen LogP contribution is 2.24. The lowest BCUT2D eigenvalue weighted by Gasteiger charge is -2.22. The summed E-state index contributed by atoms with van der Waals surface area (Å²) in [7, 11) is 1.44. The quantitative estimate of drug-likeness (QED) is 0.673. The largest absolute Gasteiger partial charge is 0.494 e. The van der Waals surface area contributed by atoms with Crippen molar-refractivity contribution < 1.29 is 19.1 Å². The van der Waals surface area contributed by atoms with E-state index in [1.807, 2.05) is 0 Å². The Morgan fingerprint density at radius 2 is 2.11 bits per heavy atom. The van der Waals surface area contributed by atoms with Crippen LogP contribution in [0.5, 0.6) is 5.75 Å².